The molecule has 1 heterocycles. The number of carbonyl (C=O) groups excluding carboxylic acids is 1. The number of amides is 1. The summed E-state index contributed by atoms with van der Waals surface area (Å²) in [6.45, 7) is 0.0469. The minimum absolute atomic E-state index is 0.0228. The average molecular weight is 497 g/mol. The number of ketones is 1. The van der Waals surface area contributed by atoms with Crippen molar-refractivity contribution < 1.29 is 29.0 Å². The molecule has 1 amide bonds. The highest BCUT2D eigenvalue weighted by atomic mass is 127. The van der Waals surface area contributed by atoms with Gasteiger partial charge >= 0.3 is 12.1 Å². The predicted molar refractivity (Wildman–Crippen MR) is 108 cm³/mol. The second-order valence-electron chi connectivity index (χ2n) is 6.66. The maximum Gasteiger partial charge on any atom is 0.408 e. The minimum atomic E-state index is -1.82. The van der Waals surface area contributed by atoms with Crippen LogP contribution in [0.2, 0.25) is 0 Å². The first-order chi connectivity index (χ1) is 13.3. The van der Waals surface area contributed by atoms with E-state index in [0.717, 1.165) is 16.5 Å². The lowest BCUT2D eigenvalue weighted by Crippen LogP contribution is -2.53. The number of aliphatic carboxylic acids is 1. The van der Waals surface area contributed by atoms with Crippen molar-refractivity contribution in [1.29, 1.82) is 0 Å². The molecule has 0 aliphatic carbocycles. The standard InChI is InChI=1S/C20H17FINO5/c21-15-10-13(9-14(17(15)22)12-5-2-1-3-6-12)16(24)11-20(18(25)26)7-4-8-23(20)19(27)28/h1-3,5-6,9-10H,4,7-8,11H2,(H,25,26)(H,27,28)/t20-/m0/s1. The van der Waals surface area contributed by atoms with Gasteiger partial charge in [-0.15, -0.1) is 0 Å². The van der Waals surface area contributed by atoms with Gasteiger partial charge in [-0.05, 0) is 58.7 Å². The Morgan fingerprint density at radius 1 is 1.14 bits per heavy atom. The lowest BCUT2D eigenvalue weighted by Gasteiger charge is -2.32. The maximum atomic E-state index is 14.5. The Labute approximate surface area is 174 Å². The van der Waals surface area contributed by atoms with Crippen molar-refractivity contribution in [3.63, 3.8) is 0 Å². The monoisotopic (exact) mass is 497 g/mol. The van der Waals surface area contributed by atoms with Gasteiger partial charge in [0.1, 0.15) is 5.82 Å². The summed E-state index contributed by atoms with van der Waals surface area (Å²) in [5.41, 5.74) is -0.554. The largest absolute Gasteiger partial charge is 0.479 e. The minimum Gasteiger partial charge on any atom is -0.479 e. The third kappa shape index (κ3) is 3.60. The molecule has 2 aromatic carbocycles. The highest BCUT2D eigenvalue weighted by Gasteiger charge is 2.51. The van der Waals surface area contributed by atoms with E-state index < -0.39 is 35.6 Å². The van der Waals surface area contributed by atoms with Gasteiger partial charge in [-0.1, -0.05) is 30.3 Å². The quantitative estimate of drug-likeness (QED) is 0.476. The Bertz CT molecular complexity index is 949. The Morgan fingerprint density at radius 3 is 2.43 bits per heavy atom. The van der Waals surface area contributed by atoms with Crippen LogP contribution in [0.25, 0.3) is 11.1 Å². The molecule has 1 fully saturated rings. The Kier molecular flexibility index (Phi) is 5.69. The van der Waals surface area contributed by atoms with Gasteiger partial charge in [0.15, 0.2) is 11.3 Å². The van der Waals surface area contributed by atoms with E-state index in [0.29, 0.717) is 15.6 Å². The molecule has 1 aliphatic heterocycles. The number of Topliss-reactive ketones (excluding diaryl/α,β-unsaturated/α-hetero) is 1. The average Bonchev–Trinajstić information content (AvgIpc) is 3.09. The number of carboxylic acid groups (broad SMARTS) is 2. The van der Waals surface area contributed by atoms with Crippen molar-refractivity contribution in [2.45, 2.75) is 24.8 Å². The Balaban J connectivity index is 2.00. The number of benzene rings is 2. The van der Waals surface area contributed by atoms with Crippen molar-refractivity contribution in [3.8, 4) is 11.1 Å². The molecular weight excluding hydrogens is 480 g/mol. The van der Waals surface area contributed by atoms with Crippen LogP contribution in [0.4, 0.5) is 9.18 Å². The first-order valence-corrected chi connectivity index (χ1v) is 9.66. The molecule has 2 aromatic rings. The molecular formula is C20H17FINO5. The molecule has 0 aromatic heterocycles. The molecule has 1 saturated heterocycles. The summed E-state index contributed by atoms with van der Waals surface area (Å²) in [4.78, 5) is 37.0. The molecule has 1 aliphatic rings. The number of hydrogen-bond donors (Lipinski definition) is 2. The predicted octanol–water partition coefficient (Wildman–Crippen LogP) is 4.27. The van der Waals surface area contributed by atoms with Crippen LogP contribution < -0.4 is 0 Å². The smallest absolute Gasteiger partial charge is 0.408 e. The molecule has 8 heteroatoms. The summed E-state index contributed by atoms with van der Waals surface area (Å²) in [6, 6.07) is 11.6. The van der Waals surface area contributed by atoms with Crippen LogP contribution in [0, 0.1) is 9.39 Å². The van der Waals surface area contributed by atoms with Gasteiger partial charge in [-0.2, -0.15) is 0 Å². The highest BCUT2D eigenvalue weighted by Crippen LogP contribution is 2.35. The molecule has 2 N–H and O–H groups in total. The van der Waals surface area contributed by atoms with Crippen LogP contribution in [0.1, 0.15) is 29.6 Å². The first-order valence-electron chi connectivity index (χ1n) is 8.58. The molecule has 3 rings (SSSR count). The molecule has 0 bridgehead atoms. The number of likely N-dealkylation sites (tertiary alicyclic amines) is 1. The fourth-order valence-corrected chi connectivity index (χ4v) is 4.21. The lowest BCUT2D eigenvalue weighted by molar-refractivity contribution is -0.148. The second-order valence-corrected chi connectivity index (χ2v) is 7.74. The number of hydrogen-bond acceptors (Lipinski definition) is 3. The Morgan fingerprint density at radius 2 is 1.82 bits per heavy atom. The van der Waals surface area contributed by atoms with Crippen molar-refractivity contribution in [1.82, 2.24) is 4.90 Å². The normalized spacial score (nSPS) is 18.9. The maximum absolute atomic E-state index is 14.5. The van der Waals surface area contributed by atoms with Crippen LogP contribution in [-0.2, 0) is 4.79 Å². The molecule has 0 spiro atoms. The highest BCUT2D eigenvalue weighted by molar-refractivity contribution is 14.1. The summed E-state index contributed by atoms with van der Waals surface area (Å²) in [5, 5.41) is 19.0. The zero-order valence-corrected chi connectivity index (χ0v) is 16.8. The topological polar surface area (TPSA) is 94.9 Å². The number of halogens is 2. The van der Waals surface area contributed by atoms with Gasteiger partial charge < -0.3 is 10.2 Å². The fraction of sp³-hybridized carbons (Fsp3) is 0.250. The van der Waals surface area contributed by atoms with Crippen LogP contribution in [0.3, 0.4) is 0 Å². The second kappa shape index (κ2) is 7.86. The number of carboxylic acids is 1. The van der Waals surface area contributed by atoms with Crippen molar-refractivity contribution >= 4 is 40.4 Å². The molecule has 6 nitrogen and oxygen atoms in total. The first kappa shape index (κ1) is 20.2. The number of carbonyl (C=O) groups is 3. The molecule has 0 saturated carbocycles. The molecule has 0 unspecified atom stereocenters. The zero-order chi connectivity index (χ0) is 20.5. The SMILES string of the molecule is O=C(C[C@]1(C(=O)O)CCCN1C(=O)O)c1cc(F)c(I)c(-c2ccccc2)c1. The van der Waals surface area contributed by atoms with E-state index in [1.165, 1.54) is 6.07 Å². The van der Waals surface area contributed by atoms with Crippen LogP contribution in [0.5, 0.6) is 0 Å². The van der Waals surface area contributed by atoms with Crippen LogP contribution >= 0.6 is 22.6 Å². The third-order valence-corrected chi connectivity index (χ3v) is 6.10. The lowest BCUT2D eigenvalue weighted by atomic mass is 9.87. The number of nitrogens with zero attached hydrogens (tertiary/aromatic N) is 1. The summed E-state index contributed by atoms with van der Waals surface area (Å²) in [7, 11) is 0. The molecule has 0 radical (unpaired) electrons. The fourth-order valence-electron chi connectivity index (χ4n) is 3.58. The third-order valence-electron chi connectivity index (χ3n) is 5.01. The van der Waals surface area contributed by atoms with Gasteiger partial charge in [0.2, 0.25) is 0 Å². The van der Waals surface area contributed by atoms with Crippen LogP contribution in [0.15, 0.2) is 42.5 Å². The molecule has 146 valence electrons. The zero-order valence-electron chi connectivity index (χ0n) is 14.7. The van der Waals surface area contributed by atoms with E-state index in [-0.39, 0.29) is 18.5 Å². The van der Waals surface area contributed by atoms with Gasteiger partial charge in [0.05, 0.1) is 3.57 Å². The van der Waals surface area contributed by atoms with Crippen molar-refractivity contribution in [2.24, 2.45) is 0 Å². The van der Waals surface area contributed by atoms with E-state index in [1.807, 2.05) is 28.7 Å². The van der Waals surface area contributed by atoms with Crippen LogP contribution in [-0.4, -0.2) is 45.0 Å². The summed E-state index contributed by atoms with van der Waals surface area (Å²) < 4.78 is 14.8. The van der Waals surface area contributed by atoms with Gasteiger partial charge in [-0.3, -0.25) is 9.69 Å². The summed E-state index contributed by atoms with van der Waals surface area (Å²) in [5.74, 6) is -2.56. The van der Waals surface area contributed by atoms with E-state index in [4.69, 9.17) is 0 Å². The van der Waals surface area contributed by atoms with Crippen molar-refractivity contribution in [3.05, 3.63) is 57.4 Å². The molecule has 28 heavy (non-hydrogen) atoms. The Hall–Kier alpha value is -2.49. The van der Waals surface area contributed by atoms with E-state index in [1.54, 1.807) is 24.3 Å². The van der Waals surface area contributed by atoms with Gasteiger partial charge in [0.25, 0.3) is 0 Å². The van der Waals surface area contributed by atoms with Crippen molar-refractivity contribution in [2.75, 3.05) is 6.54 Å². The van der Waals surface area contributed by atoms with Gasteiger partial charge in [0, 0.05) is 18.5 Å². The van der Waals surface area contributed by atoms with Gasteiger partial charge in [-0.25, -0.2) is 14.0 Å². The van der Waals surface area contributed by atoms with E-state index in [9.17, 15) is 29.0 Å². The summed E-state index contributed by atoms with van der Waals surface area (Å²) >= 11 is 1.86. The summed E-state index contributed by atoms with van der Waals surface area (Å²) in [6.07, 6.45) is -1.53. The van der Waals surface area contributed by atoms with E-state index >= 15 is 0 Å². The number of rotatable bonds is 5. The van der Waals surface area contributed by atoms with E-state index in [2.05, 4.69) is 0 Å². The molecule has 1 atom stereocenters.